The maximum atomic E-state index is 12.8. The first-order valence-electron chi connectivity index (χ1n) is 8.70. The molecule has 2 aromatic rings. The van der Waals surface area contributed by atoms with Crippen LogP contribution in [0.5, 0.6) is 0 Å². The van der Waals surface area contributed by atoms with Crippen LogP contribution in [0.1, 0.15) is 52.9 Å². The number of esters is 1. The van der Waals surface area contributed by atoms with Gasteiger partial charge in [-0.2, -0.15) is 5.10 Å². The molecule has 0 bridgehead atoms. The van der Waals surface area contributed by atoms with Gasteiger partial charge in [0.25, 0.3) is 0 Å². The number of likely N-dealkylation sites (tertiary alicyclic amines) is 1. The van der Waals surface area contributed by atoms with Crippen LogP contribution in [0.3, 0.4) is 0 Å². The fraction of sp³-hybridized carbons (Fsp3) is 0.421. The van der Waals surface area contributed by atoms with Crippen molar-refractivity contribution in [3.8, 4) is 0 Å². The van der Waals surface area contributed by atoms with E-state index in [1.54, 1.807) is 6.07 Å². The first kappa shape index (κ1) is 15.9. The van der Waals surface area contributed by atoms with E-state index in [1.165, 1.54) is 0 Å². The number of amides is 1. The Morgan fingerprint density at radius 2 is 2.20 bits per heavy atom. The molecule has 0 radical (unpaired) electrons. The standard InChI is InChI=1S/C19H21N3O3/c1-13-10-20-22(11-13)14-5-4-8-21(12-14)18(23)9-17-15-6-2-3-7-16(15)19(24)25-17/h2-3,6-7,10-11,14,17H,4-5,8-9,12H2,1H3/t14-,17-/m0/s1. The van der Waals surface area contributed by atoms with Gasteiger partial charge in [0.05, 0.1) is 24.2 Å². The number of aromatic nitrogens is 2. The van der Waals surface area contributed by atoms with Crippen molar-refractivity contribution >= 4 is 11.9 Å². The first-order valence-corrected chi connectivity index (χ1v) is 8.70. The van der Waals surface area contributed by atoms with E-state index in [1.807, 2.05) is 47.1 Å². The zero-order valence-electron chi connectivity index (χ0n) is 14.2. The summed E-state index contributed by atoms with van der Waals surface area (Å²) in [4.78, 5) is 26.5. The smallest absolute Gasteiger partial charge is 0.339 e. The lowest BCUT2D eigenvalue weighted by Gasteiger charge is -2.33. The third-order valence-electron chi connectivity index (χ3n) is 4.99. The van der Waals surface area contributed by atoms with Crippen molar-refractivity contribution in [2.24, 2.45) is 0 Å². The molecule has 4 rings (SSSR count). The van der Waals surface area contributed by atoms with Gasteiger partial charge in [-0.25, -0.2) is 4.79 Å². The minimum absolute atomic E-state index is 0.0306. The summed E-state index contributed by atoms with van der Waals surface area (Å²) in [7, 11) is 0. The van der Waals surface area contributed by atoms with Crippen molar-refractivity contribution in [3.63, 3.8) is 0 Å². The second kappa shape index (κ2) is 6.35. The molecule has 1 saturated heterocycles. The number of carbonyl (C=O) groups is 2. The lowest BCUT2D eigenvalue weighted by Crippen LogP contribution is -2.41. The van der Waals surface area contributed by atoms with E-state index >= 15 is 0 Å². The maximum Gasteiger partial charge on any atom is 0.339 e. The molecule has 1 aromatic heterocycles. The minimum Gasteiger partial charge on any atom is -0.453 e. The van der Waals surface area contributed by atoms with Gasteiger partial charge in [0.1, 0.15) is 6.10 Å². The Bertz CT molecular complexity index is 814. The third-order valence-corrected chi connectivity index (χ3v) is 4.99. The van der Waals surface area contributed by atoms with E-state index in [0.717, 1.165) is 30.5 Å². The molecule has 1 fully saturated rings. The van der Waals surface area contributed by atoms with E-state index in [-0.39, 0.29) is 24.3 Å². The highest BCUT2D eigenvalue weighted by molar-refractivity contribution is 5.94. The molecule has 0 N–H and O–H groups in total. The largest absolute Gasteiger partial charge is 0.453 e. The zero-order chi connectivity index (χ0) is 17.4. The molecule has 2 aliphatic heterocycles. The van der Waals surface area contributed by atoms with Crippen LogP contribution in [0.4, 0.5) is 0 Å². The molecule has 0 unspecified atom stereocenters. The Hall–Kier alpha value is -2.63. The number of cyclic esters (lactones) is 1. The summed E-state index contributed by atoms with van der Waals surface area (Å²) >= 11 is 0. The van der Waals surface area contributed by atoms with Gasteiger partial charge in [-0.1, -0.05) is 18.2 Å². The van der Waals surface area contributed by atoms with Crippen LogP contribution in [0, 0.1) is 6.92 Å². The van der Waals surface area contributed by atoms with Crippen LogP contribution in [-0.2, 0) is 9.53 Å². The summed E-state index contributed by atoms with van der Waals surface area (Å²) in [5, 5.41) is 4.39. The summed E-state index contributed by atoms with van der Waals surface area (Å²) in [5.41, 5.74) is 2.51. The summed E-state index contributed by atoms with van der Waals surface area (Å²) in [6.45, 7) is 3.42. The molecule has 3 heterocycles. The second-order valence-electron chi connectivity index (χ2n) is 6.82. The number of aryl methyl sites for hydroxylation is 1. The predicted molar refractivity (Wildman–Crippen MR) is 91.0 cm³/mol. The number of fused-ring (bicyclic) bond motifs is 1. The molecule has 6 nitrogen and oxygen atoms in total. The second-order valence-corrected chi connectivity index (χ2v) is 6.82. The SMILES string of the molecule is Cc1cnn([C@H]2CCCN(C(=O)C[C@@H]3OC(=O)c4ccccc43)C2)c1. The van der Waals surface area contributed by atoms with Gasteiger partial charge in [-0.15, -0.1) is 0 Å². The molecular weight excluding hydrogens is 318 g/mol. The summed E-state index contributed by atoms with van der Waals surface area (Å²) in [5.74, 6) is -0.306. The first-order chi connectivity index (χ1) is 12.1. The molecule has 1 aromatic carbocycles. The van der Waals surface area contributed by atoms with Gasteiger partial charge in [0.15, 0.2) is 0 Å². The topological polar surface area (TPSA) is 64.4 Å². The Kier molecular flexibility index (Phi) is 4.03. The lowest BCUT2D eigenvalue weighted by molar-refractivity contribution is -0.135. The van der Waals surface area contributed by atoms with Crippen LogP contribution in [0.25, 0.3) is 0 Å². The van der Waals surface area contributed by atoms with Crippen molar-refractivity contribution in [3.05, 3.63) is 53.3 Å². The number of rotatable bonds is 3. The quantitative estimate of drug-likeness (QED) is 0.807. The highest BCUT2D eigenvalue weighted by Gasteiger charge is 2.34. The van der Waals surface area contributed by atoms with Crippen LogP contribution >= 0.6 is 0 Å². The fourth-order valence-corrected chi connectivity index (χ4v) is 3.69. The summed E-state index contributed by atoms with van der Waals surface area (Å²) < 4.78 is 7.36. The molecule has 25 heavy (non-hydrogen) atoms. The Morgan fingerprint density at radius 1 is 1.36 bits per heavy atom. The number of carbonyl (C=O) groups excluding carboxylic acids is 2. The van der Waals surface area contributed by atoms with Crippen LogP contribution in [0.2, 0.25) is 0 Å². The third kappa shape index (κ3) is 3.04. The van der Waals surface area contributed by atoms with Gasteiger partial charge in [-0.3, -0.25) is 9.48 Å². The molecular formula is C19H21N3O3. The molecule has 1 amide bonds. The Balaban J connectivity index is 1.44. The highest BCUT2D eigenvalue weighted by Crippen LogP contribution is 2.33. The van der Waals surface area contributed by atoms with E-state index in [4.69, 9.17) is 4.74 Å². The summed E-state index contributed by atoms with van der Waals surface area (Å²) in [6.07, 6.45) is 5.57. The average molecular weight is 339 g/mol. The van der Waals surface area contributed by atoms with Gasteiger partial charge in [-0.05, 0) is 31.4 Å². The summed E-state index contributed by atoms with van der Waals surface area (Å²) in [6, 6.07) is 7.51. The Labute approximate surface area is 146 Å². The molecule has 130 valence electrons. The van der Waals surface area contributed by atoms with Gasteiger partial charge >= 0.3 is 5.97 Å². The molecule has 2 atom stereocenters. The van der Waals surface area contributed by atoms with Gasteiger partial charge < -0.3 is 9.64 Å². The van der Waals surface area contributed by atoms with E-state index in [9.17, 15) is 9.59 Å². The van der Waals surface area contributed by atoms with Crippen LogP contribution < -0.4 is 0 Å². The molecule has 0 spiro atoms. The van der Waals surface area contributed by atoms with Crippen LogP contribution in [0.15, 0.2) is 36.7 Å². The number of hydrogen-bond donors (Lipinski definition) is 0. The number of ether oxygens (including phenoxy) is 1. The number of benzene rings is 1. The maximum absolute atomic E-state index is 12.8. The van der Waals surface area contributed by atoms with Crippen molar-refractivity contribution in [2.45, 2.75) is 38.3 Å². The van der Waals surface area contributed by atoms with Crippen molar-refractivity contribution in [1.29, 1.82) is 0 Å². The number of nitrogens with zero attached hydrogens (tertiary/aromatic N) is 3. The normalized spacial score (nSPS) is 22.6. The monoisotopic (exact) mass is 339 g/mol. The minimum atomic E-state index is -0.469. The van der Waals surface area contributed by atoms with Crippen molar-refractivity contribution < 1.29 is 14.3 Å². The fourth-order valence-electron chi connectivity index (χ4n) is 3.69. The van der Waals surface area contributed by atoms with E-state index in [2.05, 4.69) is 5.10 Å². The van der Waals surface area contributed by atoms with Crippen LogP contribution in [-0.4, -0.2) is 39.6 Å². The molecule has 0 saturated carbocycles. The van der Waals surface area contributed by atoms with Gasteiger partial charge in [0.2, 0.25) is 5.91 Å². The number of hydrogen-bond acceptors (Lipinski definition) is 4. The van der Waals surface area contributed by atoms with E-state index in [0.29, 0.717) is 12.1 Å². The predicted octanol–water partition coefficient (Wildman–Crippen LogP) is 2.66. The van der Waals surface area contributed by atoms with Gasteiger partial charge in [0, 0.05) is 24.8 Å². The molecule has 2 aliphatic rings. The number of piperidine rings is 1. The van der Waals surface area contributed by atoms with Crippen molar-refractivity contribution in [1.82, 2.24) is 14.7 Å². The lowest BCUT2D eigenvalue weighted by atomic mass is 10.0. The average Bonchev–Trinajstić information content (AvgIpc) is 3.20. The van der Waals surface area contributed by atoms with E-state index < -0.39 is 6.10 Å². The molecule has 6 heteroatoms. The highest BCUT2D eigenvalue weighted by atomic mass is 16.5. The zero-order valence-corrected chi connectivity index (χ0v) is 14.2. The Morgan fingerprint density at radius 3 is 3.00 bits per heavy atom. The van der Waals surface area contributed by atoms with Crippen molar-refractivity contribution in [2.75, 3.05) is 13.1 Å². The molecule has 0 aliphatic carbocycles.